The van der Waals surface area contributed by atoms with E-state index in [2.05, 4.69) is 6.07 Å². The molecule has 3 nitrogen and oxygen atoms in total. The lowest BCUT2D eigenvalue weighted by Gasteiger charge is -2.17. The number of methoxy groups -OCH3 is 1. The molecule has 96 valence electrons. The van der Waals surface area contributed by atoms with Crippen molar-refractivity contribution in [1.82, 2.24) is 0 Å². The topological polar surface area (TPSA) is 53.2 Å². The summed E-state index contributed by atoms with van der Waals surface area (Å²) in [5.74, 6) is 0.152. The SMILES string of the molecule is COc1ccc([C@@H](O)[C@@H](C#N)c2ccccc2)cc1. The molecule has 0 saturated heterocycles. The average molecular weight is 253 g/mol. The number of aliphatic hydroxyl groups is 1. The van der Waals surface area contributed by atoms with Crippen LogP contribution in [0.25, 0.3) is 0 Å². The van der Waals surface area contributed by atoms with Crippen LogP contribution in [0.4, 0.5) is 0 Å². The third-order valence-corrected chi connectivity index (χ3v) is 3.07. The van der Waals surface area contributed by atoms with Crippen LogP contribution in [0.1, 0.15) is 23.1 Å². The fourth-order valence-electron chi connectivity index (χ4n) is 1.98. The van der Waals surface area contributed by atoms with Crippen molar-refractivity contribution in [3.8, 4) is 11.8 Å². The standard InChI is InChI=1S/C16H15NO2/c1-19-14-9-7-13(8-10-14)16(18)15(11-17)12-5-3-2-4-6-12/h2-10,15-16,18H,1H3/t15-,16+/m0/s1. The molecule has 0 aliphatic rings. The zero-order valence-corrected chi connectivity index (χ0v) is 10.7. The molecule has 3 heteroatoms. The molecule has 19 heavy (non-hydrogen) atoms. The third kappa shape index (κ3) is 2.93. The van der Waals surface area contributed by atoms with Gasteiger partial charge in [-0.25, -0.2) is 0 Å². The third-order valence-electron chi connectivity index (χ3n) is 3.07. The Kier molecular flexibility index (Phi) is 4.17. The van der Waals surface area contributed by atoms with E-state index in [4.69, 9.17) is 4.74 Å². The first kappa shape index (κ1) is 13.1. The number of hydrogen-bond donors (Lipinski definition) is 1. The van der Waals surface area contributed by atoms with Gasteiger partial charge in [-0.1, -0.05) is 42.5 Å². The van der Waals surface area contributed by atoms with Gasteiger partial charge in [0.1, 0.15) is 11.7 Å². The second-order valence-electron chi connectivity index (χ2n) is 4.24. The van der Waals surface area contributed by atoms with Crippen molar-refractivity contribution < 1.29 is 9.84 Å². The van der Waals surface area contributed by atoms with Gasteiger partial charge < -0.3 is 9.84 Å². The highest BCUT2D eigenvalue weighted by molar-refractivity contribution is 5.34. The Morgan fingerprint density at radius 3 is 2.16 bits per heavy atom. The van der Waals surface area contributed by atoms with E-state index < -0.39 is 12.0 Å². The molecular formula is C16H15NO2. The first-order valence-corrected chi connectivity index (χ1v) is 6.03. The summed E-state index contributed by atoms with van der Waals surface area (Å²) in [6, 6.07) is 18.6. The van der Waals surface area contributed by atoms with Crippen molar-refractivity contribution in [2.24, 2.45) is 0 Å². The molecule has 0 aliphatic carbocycles. The smallest absolute Gasteiger partial charge is 0.118 e. The number of rotatable bonds is 4. The largest absolute Gasteiger partial charge is 0.497 e. The summed E-state index contributed by atoms with van der Waals surface area (Å²) in [4.78, 5) is 0. The molecule has 0 aromatic heterocycles. The van der Waals surface area contributed by atoms with Gasteiger partial charge in [0.15, 0.2) is 0 Å². The lowest BCUT2D eigenvalue weighted by atomic mass is 9.90. The number of benzene rings is 2. The van der Waals surface area contributed by atoms with Crippen LogP contribution in [0.5, 0.6) is 5.75 Å². The van der Waals surface area contributed by atoms with E-state index in [0.717, 1.165) is 11.3 Å². The highest BCUT2D eigenvalue weighted by Gasteiger charge is 2.22. The predicted octanol–water partition coefficient (Wildman–Crippen LogP) is 3.04. The van der Waals surface area contributed by atoms with E-state index in [-0.39, 0.29) is 0 Å². The fraction of sp³-hybridized carbons (Fsp3) is 0.188. The summed E-state index contributed by atoms with van der Waals surface area (Å²) in [5.41, 5.74) is 1.52. The maximum Gasteiger partial charge on any atom is 0.118 e. The summed E-state index contributed by atoms with van der Waals surface area (Å²) in [6.07, 6.45) is -0.849. The van der Waals surface area contributed by atoms with E-state index in [1.807, 2.05) is 30.3 Å². The van der Waals surface area contributed by atoms with E-state index in [0.29, 0.717) is 5.56 Å². The number of nitriles is 1. The van der Waals surface area contributed by atoms with Crippen LogP contribution >= 0.6 is 0 Å². The van der Waals surface area contributed by atoms with Gasteiger partial charge in [0.25, 0.3) is 0 Å². The molecule has 0 heterocycles. The lowest BCUT2D eigenvalue weighted by Crippen LogP contribution is -2.09. The maximum absolute atomic E-state index is 10.3. The molecule has 0 radical (unpaired) electrons. The molecule has 0 fully saturated rings. The van der Waals surface area contributed by atoms with Crippen LogP contribution in [0.15, 0.2) is 54.6 Å². The van der Waals surface area contributed by atoms with Crippen LogP contribution in [-0.4, -0.2) is 12.2 Å². The normalized spacial score (nSPS) is 13.3. The Morgan fingerprint density at radius 2 is 1.63 bits per heavy atom. The van der Waals surface area contributed by atoms with Gasteiger partial charge in [-0.2, -0.15) is 5.26 Å². The van der Waals surface area contributed by atoms with Gasteiger partial charge in [0.2, 0.25) is 0 Å². The Morgan fingerprint density at radius 1 is 1.00 bits per heavy atom. The van der Waals surface area contributed by atoms with E-state index in [9.17, 15) is 10.4 Å². The highest BCUT2D eigenvalue weighted by Crippen LogP contribution is 2.31. The lowest BCUT2D eigenvalue weighted by molar-refractivity contribution is 0.164. The van der Waals surface area contributed by atoms with Gasteiger partial charge >= 0.3 is 0 Å². The fourth-order valence-corrected chi connectivity index (χ4v) is 1.98. The van der Waals surface area contributed by atoms with Gasteiger partial charge in [-0.05, 0) is 23.3 Å². The molecule has 2 rings (SSSR count). The van der Waals surface area contributed by atoms with Crippen molar-refractivity contribution in [3.63, 3.8) is 0 Å². The summed E-state index contributed by atoms with van der Waals surface area (Å²) in [7, 11) is 1.59. The van der Waals surface area contributed by atoms with Crippen LogP contribution in [-0.2, 0) is 0 Å². The second kappa shape index (κ2) is 6.03. The molecule has 2 aromatic carbocycles. The van der Waals surface area contributed by atoms with Crippen molar-refractivity contribution in [3.05, 3.63) is 65.7 Å². The average Bonchev–Trinajstić information content (AvgIpc) is 2.49. The molecule has 0 amide bonds. The zero-order valence-electron chi connectivity index (χ0n) is 10.7. The molecule has 2 aromatic rings. The van der Waals surface area contributed by atoms with Crippen LogP contribution in [0, 0.1) is 11.3 Å². The van der Waals surface area contributed by atoms with Crippen LogP contribution in [0.2, 0.25) is 0 Å². The van der Waals surface area contributed by atoms with Gasteiger partial charge in [0, 0.05) is 0 Å². The van der Waals surface area contributed by atoms with E-state index in [1.165, 1.54) is 0 Å². The molecule has 0 saturated carbocycles. The van der Waals surface area contributed by atoms with Crippen molar-refractivity contribution in [1.29, 1.82) is 5.26 Å². The molecule has 0 unspecified atom stereocenters. The number of hydrogen-bond acceptors (Lipinski definition) is 3. The quantitative estimate of drug-likeness (QED) is 0.911. The van der Waals surface area contributed by atoms with Crippen molar-refractivity contribution in [2.45, 2.75) is 12.0 Å². The van der Waals surface area contributed by atoms with Crippen molar-refractivity contribution in [2.75, 3.05) is 7.11 Å². The molecule has 0 aliphatic heterocycles. The van der Waals surface area contributed by atoms with Gasteiger partial charge in [-0.3, -0.25) is 0 Å². The molecular weight excluding hydrogens is 238 g/mol. The zero-order chi connectivity index (χ0) is 13.7. The van der Waals surface area contributed by atoms with Crippen LogP contribution < -0.4 is 4.74 Å². The monoisotopic (exact) mass is 253 g/mol. The second-order valence-corrected chi connectivity index (χ2v) is 4.24. The van der Waals surface area contributed by atoms with E-state index >= 15 is 0 Å². The first-order chi connectivity index (χ1) is 9.26. The number of aliphatic hydroxyl groups excluding tert-OH is 1. The Labute approximate surface area is 112 Å². The van der Waals surface area contributed by atoms with Crippen molar-refractivity contribution >= 4 is 0 Å². The number of nitrogens with zero attached hydrogens (tertiary/aromatic N) is 1. The minimum Gasteiger partial charge on any atom is -0.497 e. The van der Waals surface area contributed by atoms with E-state index in [1.54, 1.807) is 31.4 Å². The summed E-state index contributed by atoms with van der Waals surface area (Å²) < 4.78 is 5.07. The number of ether oxygens (including phenoxy) is 1. The predicted molar refractivity (Wildman–Crippen MR) is 72.7 cm³/mol. The molecule has 0 bridgehead atoms. The van der Waals surface area contributed by atoms with Crippen LogP contribution in [0.3, 0.4) is 0 Å². The van der Waals surface area contributed by atoms with Gasteiger partial charge in [-0.15, -0.1) is 0 Å². The summed E-state index contributed by atoms with van der Waals surface area (Å²) >= 11 is 0. The molecule has 1 N–H and O–H groups in total. The summed E-state index contributed by atoms with van der Waals surface area (Å²) in [6.45, 7) is 0. The minimum atomic E-state index is -0.849. The Bertz CT molecular complexity index is 558. The summed E-state index contributed by atoms with van der Waals surface area (Å²) in [5, 5.41) is 19.6. The highest BCUT2D eigenvalue weighted by atomic mass is 16.5. The van der Waals surface area contributed by atoms with Gasteiger partial charge in [0.05, 0.1) is 19.3 Å². The Balaban J connectivity index is 2.26. The Hall–Kier alpha value is -2.31. The molecule has 0 spiro atoms. The molecule has 2 atom stereocenters. The minimum absolute atomic E-state index is 0.574. The first-order valence-electron chi connectivity index (χ1n) is 6.03. The maximum atomic E-state index is 10.3.